The number of sulfonamides is 1. The zero-order valence-corrected chi connectivity index (χ0v) is 12.0. The number of nitrogens with one attached hydrogen (secondary N) is 2. The van der Waals surface area contributed by atoms with E-state index in [1.165, 1.54) is 11.8 Å². The first-order chi connectivity index (χ1) is 8.63. The van der Waals surface area contributed by atoms with Gasteiger partial charge in [-0.2, -0.15) is 0 Å². The fourth-order valence-electron chi connectivity index (χ4n) is 2.06. The third-order valence-corrected chi connectivity index (χ3v) is 5.45. The first kappa shape index (κ1) is 13.9. The van der Waals surface area contributed by atoms with Crippen molar-refractivity contribution in [2.45, 2.75) is 28.7 Å². The molecule has 4 nitrogen and oxygen atoms in total. The van der Waals surface area contributed by atoms with Crippen LogP contribution < -0.4 is 10.0 Å². The molecule has 1 saturated heterocycles. The fourth-order valence-corrected chi connectivity index (χ4v) is 4.29. The fraction of sp³-hybridized carbons (Fsp3) is 0.500. The summed E-state index contributed by atoms with van der Waals surface area (Å²) in [5.74, 6) is 0. The molecule has 1 heterocycles. The van der Waals surface area contributed by atoms with Crippen LogP contribution in [-0.2, 0) is 10.0 Å². The van der Waals surface area contributed by atoms with Crippen molar-refractivity contribution in [1.82, 2.24) is 10.0 Å². The van der Waals surface area contributed by atoms with E-state index in [4.69, 9.17) is 0 Å². The van der Waals surface area contributed by atoms with E-state index in [-0.39, 0.29) is 6.04 Å². The van der Waals surface area contributed by atoms with Gasteiger partial charge < -0.3 is 5.32 Å². The molecule has 0 saturated carbocycles. The molecular formula is C12H18N2O2S2. The molecule has 1 atom stereocenters. The predicted octanol–water partition coefficient (Wildman–Crippen LogP) is 1.44. The Hall–Kier alpha value is -0.560. The molecule has 1 aromatic carbocycles. The van der Waals surface area contributed by atoms with Gasteiger partial charge in [0.2, 0.25) is 10.0 Å². The summed E-state index contributed by atoms with van der Waals surface area (Å²) in [7, 11) is -3.40. The van der Waals surface area contributed by atoms with Gasteiger partial charge in [-0.1, -0.05) is 12.1 Å². The van der Waals surface area contributed by atoms with E-state index in [0.29, 0.717) is 11.4 Å². The number of hydrogen-bond acceptors (Lipinski definition) is 4. The largest absolute Gasteiger partial charge is 0.313 e. The Kier molecular flexibility index (Phi) is 4.66. The highest BCUT2D eigenvalue weighted by molar-refractivity contribution is 7.99. The molecule has 0 radical (unpaired) electrons. The number of rotatable bonds is 5. The quantitative estimate of drug-likeness (QED) is 0.804. The van der Waals surface area contributed by atoms with E-state index >= 15 is 0 Å². The van der Waals surface area contributed by atoms with E-state index in [1.807, 2.05) is 18.4 Å². The predicted molar refractivity (Wildman–Crippen MR) is 74.4 cm³/mol. The van der Waals surface area contributed by atoms with Crippen LogP contribution in [0, 0.1) is 0 Å². The maximum Gasteiger partial charge on any atom is 0.241 e. The summed E-state index contributed by atoms with van der Waals surface area (Å²) in [5, 5.41) is 3.28. The van der Waals surface area contributed by atoms with Crippen molar-refractivity contribution < 1.29 is 8.42 Å². The number of benzene rings is 1. The molecule has 1 unspecified atom stereocenters. The van der Waals surface area contributed by atoms with Gasteiger partial charge in [0, 0.05) is 17.5 Å². The Morgan fingerprint density at radius 2 is 2.22 bits per heavy atom. The minimum atomic E-state index is -3.40. The van der Waals surface area contributed by atoms with Crippen LogP contribution >= 0.6 is 11.8 Å². The monoisotopic (exact) mass is 286 g/mol. The summed E-state index contributed by atoms with van der Waals surface area (Å²) in [6, 6.07) is 7.34. The van der Waals surface area contributed by atoms with Crippen molar-refractivity contribution in [3.05, 3.63) is 24.3 Å². The van der Waals surface area contributed by atoms with Gasteiger partial charge in [-0.25, -0.2) is 13.1 Å². The summed E-state index contributed by atoms with van der Waals surface area (Å²) in [4.78, 5) is 1.15. The Morgan fingerprint density at radius 1 is 1.44 bits per heavy atom. The SMILES string of the molecule is CSc1ccccc1S(=O)(=O)NCC1CCCN1. The van der Waals surface area contributed by atoms with E-state index in [1.54, 1.807) is 12.1 Å². The zero-order valence-electron chi connectivity index (χ0n) is 10.3. The normalized spacial score (nSPS) is 20.2. The van der Waals surface area contributed by atoms with Crippen LogP contribution in [0.3, 0.4) is 0 Å². The minimum Gasteiger partial charge on any atom is -0.313 e. The molecule has 100 valence electrons. The third kappa shape index (κ3) is 3.26. The lowest BCUT2D eigenvalue weighted by molar-refractivity contribution is 0.550. The molecule has 0 aromatic heterocycles. The molecule has 0 aliphatic carbocycles. The summed E-state index contributed by atoms with van der Waals surface area (Å²) >= 11 is 1.45. The van der Waals surface area contributed by atoms with Gasteiger partial charge in [0.1, 0.15) is 0 Å². The first-order valence-corrected chi connectivity index (χ1v) is 8.70. The minimum absolute atomic E-state index is 0.265. The van der Waals surface area contributed by atoms with Crippen LogP contribution in [0.15, 0.2) is 34.1 Å². The van der Waals surface area contributed by atoms with Crippen molar-refractivity contribution in [3.8, 4) is 0 Å². The third-order valence-electron chi connectivity index (χ3n) is 3.04. The highest BCUT2D eigenvalue weighted by Gasteiger charge is 2.21. The summed E-state index contributed by atoms with van der Waals surface area (Å²) in [6.45, 7) is 1.44. The summed E-state index contributed by atoms with van der Waals surface area (Å²) in [6.07, 6.45) is 4.04. The van der Waals surface area contributed by atoms with Crippen LogP contribution in [0.25, 0.3) is 0 Å². The average molecular weight is 286 g/mol. The smallest absolute Gasteiger partial charge is 0.241 e. The molecular weight excluding hydrogens is 268 g/mol. The number of thioether (sulfide) groups is 1. The highest BCUT2D eigenvalue weighted by Crippen LogP contribution is 2.24. The lowest BCUT2D eigenvalue weighted by Crippen LogP contribution is -2.37. The second-order valence-corrected chi connectivity index (χ2v) is 6.88. The highest BCUT2D eigenvalue weighted by atomic mass is 32.2. The van der Waals surface area contributed by atoms with E-state index in [2.05, 4.69) is 10.0 Å². The van der Waals surface area contributed by atoms with Gasteiger partial charge in [0.25, 0.3) is 0 Å². The molecule has 0 amide bonds. The van der Waals surface area contributed by atoms with Crippen molar-refractivity contribution in [1.29, 1.82) is 0 Å². The van der Waals surface area contributed by atoms with Gasteiger partial charge in [-0.05, 0) is 37.8 Å². The molecule has 0 spiro atoms. The number of hydrogen-bond donors (Lipinski definition) is 2. The van der Waals surface area contributed by atoms with Crippen molar-refractivity contribution in [2.75, 3.05) is 19.3 Å². The lowest BCUT2D eigenvalue weighted by atomic mass is 10.2. The Morgan fingerprint density at radius 3 is 2.89 bits per heavy atom. The molecule has 6 heteroatoms. The molecule has 0 bridgehead atoms. The zero-order chi connectivity index (χ0) is 13.0. The van der Waals surface area contributed by atoms with E-state index < -0.39 is 10.0 Å². The topological polar surface area (TPSA) is 58.2 Å². The van der Waals surface area contributed by atoms with Crippen LogP contribution in [0.2, 0.25) is 0 Å². The van der Waals surface area contributed by atoms with E-state index in [9.17, 15) is 8.42 Å². The van der Waals surface area contributed by atoms with Crippen molar-refractivity contribution >= 4 is 21.8 Å². The van der Waals surface area contributed by atoms with Gasteiger partial charge in [0.05, 0.1) is 4.90 Å². The Labute approximate surface area is 113 Å². The molecule has 2 N–H and O–H groups in total. The summed E-state index contributed by atoms with van der Waals surface area (Å²) in [5.41, 5.74) is 0. The molecule has 1 aromatic rings. The molecule has 2 rings (SSSR count). The van der Waals surface area contributed by atoms with Gasteiger partial charge in [0.15, 0.2) is 0 Å². The molecule has 1 aliphatic heterocycles. The molecule has 18 heavy (non-hydrogen) atoms. The second kappa shape index (κ2) is 6.06. The maximum absolute atomic E-state index is 12.2. The standard InChI is InChI=1S/C12H18N2O2S2/c1-17-11-6-2-3-7-12(11)18(15,16)14-9-10-5-4-8-13-10/h2-3,6-7,10,13-14H,4-5,8-9H2,1H3. The van der Waals surface area contributed by atoms with Gasteiger partial charge in [-0.3, -0.25) is 0 Å². The second-order valence-electron chi connectivity index (χ2n) is 4.30. The maximum atomic E-state index is 12.2. The van der Waals surface area contributed by atoms with Crippen molar-refractivity contribution in [3.63, 3.8) is 0 Å². The van der Waals surface area contributed by atoms with Crippen LogP contribution in [0.1, 0.15) is 12.8 Å². The Bertz CT molecular complexity index is 497. The van der Waals surface area contributed by atoms with Crippen LogP contribution in [-0.4, -0.2) is 33.8 Å². The van der Waals surface area contributed by atoms with Crippen LogP contribution in [0.4, 0.5) is 0 Å². The average Bonchev–Trinajstić information content (AvgIpc) is 2.89. The molecule has 1 fully saturated rings. The lowest BCUT2D eigenvalue weighted by Gasteiger charge is -2.13. The summed E-state index contributed by atoms with van der Waals surface area (Å²) < 4.78 is 27.1. The first-order valence-electron chi connectivity index (χ1n) is 5.99. The van der Waals surface area contributed by atoms with Gasteiger partial charge >= 0.3 is 0 Å². The van der Waals surface area contributed by atoms with Crippen molar-refractivity contribution in [2.24, 2.45) is 0 Å². The Balaban J connectivity index is 2.09. The molecule has 1 aliphatic rings. The van der Waals surface area contributed by atoms with Gasteiger partial charge in [-0.15, -0.1) is 11.8 Å². The van der Waals surface area contributed by atoms with Crippen LogP contribution in [0.5, 0.6) is 0 Å². The van der Waals surface area contributed by atoms with E-state index in [0.717, 1.165) is 24.3 Å².